The first kappa shape index (κ1) is 18.0. The van der Waals surface area contributed by atoms with Crippen molar-refractivity contribution in [2.24, 2.45) is 0 Å². The molecule has 0 spiro atoms. The van der Waals surface area contributed by atoms with E-state index in [-0.39, 0.29) is 0 Å². The molecule has 5 rings (SSSR count). The van der Waals surface area contributed by atoms with Gasteiger partial charge in [0, 0.05) is 36.2 Å². The molecule has 0 saturated heterocycles. The molecule has 1 aliphatic heterocycles. The van der Waals surface area contributed by atoms with Crippen molar-refractivity contribution in [3.8, 4) is 0 Å². The fourth-order valence-electron chi connectivity index (χ4n) is 5.43. The van der Waals surface area contributed by atoms with Crippen LogP contribution in [0.15, 0.2) is 42.5 Å². The van der Waals surface area contributed by atoms with Gasteiger partial charge in [-0.25, -0.2) is 0 Å². The van der Waals surface area contributed by atoms with Crippen LogP contribution in [0.5, 0.6) is 0 Å². The second kappa shape index (κ2) is 7.08. The molecular formula is C26H32N2. The van der Waals surface area contributed by atoms with Gasteiger partial charge in [-0.15, -0.1) is 0 Å². The zero-order valence-corrected chi connectivity index (χ0v) is 17.5. The van der Waals surface area contributed by atoms with Gasteiger partial charge in [0.25, 0.3) is 0 Å². The highest BCUT2D eigenvalue weighted by atomic mass is 15.2. The van der Waals surface area contributed by atoms with Crippen LogP contribution in [-0.2, 0) is 19.5 Å². The van der Waals surface area contributed by atoms with Crippen LogP contribution in [0.3, 0.4) is 0 Å². The first-order valence-electron chi connectivity index (χ1n) is 11.1. The standard InChI is InChI=1S/C26H32N2/c1-18(2)21-11-9-20(10-12-21)17-27-14-5-15-28-24-13-8-19(3)16-23(24)22-6-4-7-25(27)26(22)28/h8-13,16,18,25H,4-7,14-15,17H2,1-3H3/t25-/m1/s1. The number of hydrogen-bond donors (Lipinski definition) is 0. The first-order chi connectivity index (χ1) is 13.6. The van der Waals surface area contributed by atoms with Gasteiger partial charge in [-0.05, 0) is 67.3 Å². The molecule has 28 heavy (non-hydrogen) atoms. The fraction of sp³-hybridized carbons (Fsp3) is 0.462. The highest BCUT2D eigenvalue weighted by molar-refractivity contribution is 5.86. The van der Waals surface area contributed by atoms with Crippen molar-refractivity contribution in [2.45, 2.75) is 71.5 Å². The second-order valence-corrected chi connectivity index (χ2v) is 9.16. The predicted molar refractivity (Wildman–Crippen MR) is 118 cm³/mol. The van der Waals surface area contributed by atoms with E-state index in [2.05, 4.69) is 72.7 Å². The quantitative estimate of drug-likeness (QED) is 0.519. The Labute approximate surface area is 169 Å². The van der Waals surface area contributed by atoms with Crippen molar-refractivity contribution in [2.75, 3.05) is 6.54 Å². The first-order valence-corrected chi connectivity index (χ1v) is 11.1. The van der Waals surface area contributed by atoms with Gasteiger partial charge in [0.2, 0.25) is 0 Å². The second-order valence-electron chi connectivity index (χ2n) is 9.16. The summed E-state index contributed by atoms with van der Waals surface area (Å²) in [6.45, 7) is 10.2. The monoisotopic (exact) mass is 372 g/mol. The fourth-order valence-corrected chi connectivity index (χ4v) is 5.43. The lowest BCUT2D eigenvalue weighted by molar-refractivity contribution is 0.173. The molecule has 0 radical (unpaired) electrons. The van der Waals surface area contributed by atoms with Crippen LogP contribution in [0.25, 0.3) is 10.9 Å². The van der Waals surface area contributed by atoms with Crippen molar-refractivity contribution >= 4 is 10.9 Å². The third-order valence-corrected chi connectivity index (χ3v) is 6.89. The van der Waals surface area contributed by atoms with E-state index in [0.717, 1.165) is 13.1 Å². The summed E-state index contributed by atoms with van der Waals surface area (Å²) in [4.78, 5) is 2.76. The van der Waals surface area contributed by atoms with E-state index in [1.54, 1.807) is 11.3 Å². The largest absolute Gasteiger partial charge is 0.343 e. The third kappa shape index (κ3) is 2.99. The summed E-state index contributed by atoms with van der Waals surface area (Å²) in [6, 6.07) is 17.0. The molecule has 1 aliphatic carbocycles. The Morgan fingerprint density at radius 1 is 1.00 bits per heavy atom. The van der Waals surface area contributed by atoms with Crippen molar-refractivity contribution in [1.29, 1.82) is 0 Å². The van der Waals surface area contributed by atoms with Crippen molar-refractivity contribution in [3.63, 3.8) is 0 Å². The molecule has 2 aromatic carbocycles. The molecule has 2 heterocycles. The van der Waals surface area contributed by atoms with E-state index in [1.807, 2.05) is 0 Å². The zero-order chi connectivity index (χ0) is 19.3. The summed E-state index contributed by atoms with van der Waals surface area (Å²) in [6.07, 6.45) is 5.10. The van der Waals surface area contributed by atoms with Crippen LogP contribution in [-0.4, -0.2) is 16.0 Å². The van der Waals surface area contributed by atoms with Gasteiger partial charge in [0.1, 0.15) is 0 Å². The average molecular weight is 373 g/mol. The van der Waals surface area contributed by atoms with Gasteiger partial charge in [0.15, 0.2) is 0 Å². The number of hydrogen-bond acceptors (Lipinski definition) is 1. The van der Waals surface area contributed by atoms with Gasteiger partial charge in [-0.1, -0.05) is 49.7 Å². The number of nitrogens with zero attached hydrogens (tertiary/aromatic N) is 2. The molecule has 3 aromatic rings. The molecule has 0 amide bonds. The van der Waals surface area contributed by atoms with Gasteiger partial charge < -0.3 is 4.57 Å². The SMILES string of the molecule is Cc1ccc2c(c1)c1c3n2CCCN(Cc2ccc(C(C)C)cc2)[C@@H]3CCC1. The van der Waals surface area contributed by atoms with Crippen molar-refractivity contribution in [3.05, 3.63) is 70.4 Å². The molecule has 0 saturated carbocycles. The maximum absolute atomic E-state index is 2.76. The highest BCUT2D eigenvalue weighted by Crippen LogP contribution is 2.42. The molecule has 2 heteroatoms. The Morgan fingerprint density at radius 2 is 1.82 bits per heavy atom. The molecule has 146 valence electrons. The maximum atomic E-state index is 2.76. The van der Waals surface area contributed by atoms with E-state index in [1.165, 1.54) is 59.8 Å². The number of aromatic nitrogens is 1. The lowest BCUT2D eigenvalue weighted by Gasteiger charge is -2.33. The smallest absolute Gasteiger partial charge is 0.0507 e. The van der Waals surface area contributed by atoms with E-state index in [0.29, 0.717) is 12.0 Å². The van der Waals surface area contributed by atoms with Crippen LogP contribution < -0.4 is 0 Å². The predicted octanol–water partition coefficient (Wildman–Crippen LogP) is 6.36. The number of rotatable bonds is 3. The lowest BCUT2D eigenvalue weighted by Crippen LogP contribution is -2.31. The minimum atomic E-state index is 0.573. The van der Waals surface area contributed by atoms with Crippen LogP contribution in [0, 0.1) is 6.92 Å². The Kier molecular flexibility index (Phi) is 4.55. The Hall–Kier alpha value is -2.06. The topological polar surface area (TPSA) is 8.17 Å². The summed E-state index contributed by atoms with van der Waals surface area (Å²) in [5, 5.41) is 1.52. The summed E-state index contributed by atoms with van der Waals surface area (Å²) >= 11 is 0. The van der Waals surface area contributed by atoms with Crippen LogP contribution in [0.1, 0.15) is 73.0 Å². The minimum absolute atomic E-state index is 0.573. The van der Waals surface area contributed by atoms with Gasteiger partial charge in [-0.2, -0.15) is 0 Å². The summed E-state index contributed by atoms with van der Waals surface area (Å²) in [5.74, 6) is 0.604. The Morgan fingerprint density at radius 3 is 2.61 bits per heavy atom. The molecule has 1 atom stereocenters. The molecule has 0 bridgehead atoms. The summed E-state index contributed by atoms with van der Waals surface area (Å²) < 4.78 is 2.66. The number of aryl methyl sites for hydroxylation is 3. The molecule has 2 nitrogen and oxygen atoms in total. The Balaban J connectivity index is 1.52. The average Bonchev–Trinajstić information content (AvgIpc) is 2.88. The van der Waals surface area contributed by atoms with Crippen LogP contribution >= 0.6 is 0 Å². The minimum Gasteiger partial charge on any atom is -0.343 e. The number of benzene rings is 2. The van der Waals surface area contributed by atoms with E-state index in [4.69, 9.17) is 0 Å². The maximum Gasteiger partial charge on any atom is 0.0507 e. The Bertz CT molecular complexity index is 990. The zero-order valence-electron chi connectivity index (χ0n) is 17.5. The van der Waals surface area contributed by atoms with Gasteiger partial charge >= 0.3 is 0 Å². The lowest BCUT2D eigenvalue weighted by atomic mass is 9.90. The highest BCUT2D eigenvalue weighted by Gasteiger charge is 2.33. The molecular weight excluding hydrogens is 340 g/mol. The van der Waals surface area contributed by atoms with Gasteiger partial charge in [0.05, 0.1) is 6.04 Å². The molecule has 0 N–H and O–H groups in total. The van der Waals surface area contributed by atoms with E-state index < -0.39 is 0 Å². The van der Waals surface area contributed by atoms with Crippen molar-refractivity contribution < 1.29 is 0 Å². The van der Waals surface area contributed by atoms with Gasteiger partial charge in [-0.3, -0.25) is 4.90 Å². The molecule has 0 fully saturated rings. The summed E-state index contributed by atoms with van der Waals surface area (Å²) in [5.41, 5.74) is 9.01. The van der Waals surface area contributed by atoms with Crippen molar-refractivity contribution in [1.82, 2.24) is 9.47 Å². The van der Waals surface area contributed by atoms with E-state index >= 15 is 0 Å². The molecule has 1 aromatic heterocycles. The molecule has 0 unspecified atom stereocenters. The summed E-state index contributed by atoms with van der Waals surface area (Å²) in [7, 11) is 0. The normalized spacial score (nSPS) is 19.8. The molecule has 2 aliphatic rings. The third-order valence-electron chi connectivity index (χ3n) is 6.89. The van der Waals surface area contributed by atoms with Crippen LogP contribution in [0.2, 0.25) is 0 Å². The van der Waals surface area contributed by atoms with E-state index in [9.17, 15) is 0 Å². The number of fused-ring (bicyclic) bond motifs is 3. The van der Waals surface area contributed by atoms with Crippen LogP contribution in [0.4, 0.5) is 0 Å².